The number of allylic oxidation sites excluding steroid dienone is 2. The van der Waals surface area contributed by atoms with Crippen molar-refractivity contribution in [2.45, 2.75) is 38.1 Å². The molecule has 6 nitrogen and oxygen atoms in total. The van der Waals surface area contributed by atoms with Crippen LogP contribution in [0.2, 0.25) is 0 Å². The second-order valence-corrected chi connectivity index (χ2v) is 6.01. The largest absolute Gasteiger partial charge is 0.368 e. The highest BCUT2D eigenvalue weighted by atomic mass is 16.7. The molecule has 6 heteroatoms. The number of hydrogen-bond acceptors (Lipinski definition) is 6. The molecular weight excluding hydrogens is 336 g/mol. The van der Waals surface area contributed by atoms with E-state index in [-0.39, 0.29) is 32.3 Å². The maximum atomic E-state index is 9.16. The number of hydrogen-bond donors (Lipinski definition) is 2. The van der Waals surface area contributed by atoms with Crippen LogP contribution in [0.4, 0.5) is 0 Å². The minimum Gasteiger partial charge on any atom is -0.368 e. The maximum absolute atomic E-state index is 9.16. The van der Waals surface area contributed by atoms with Gasteiger partial charge in [0.05, 0.1) is 26.4 Å². The van der Waals surface area contributed by atoms with E-state index in [0.29, 0.717) is 0 Å². The first-order valence-corrected chi connectivity index (χ1v) is 8.82. The van der Waals surface area contributed by atoms with Gasteiger partial charge < -0.3 is 29.2 Å². The molecule has 1 aliphatic rings. The van der Waals surface area contributed by atoms with Crippen LogP contribution in [0.3, 0.4) is 0 Å². The van der Waals surface area contributed by atoms with Crippen molar-refractivity contribution in [3.63, 3.8) is 0 Å². The first kappa shape index (κ1) is 20.8. The summed E-state index contributed by atoms with van der Waals surface area (Å²) in [4.78, 5) is 0. The third-order valence-corrected chi connectivity index (χ3v) is 3.80. The van der Waals surface area contributed by atoms with E-state index in [2.05, 4.69) is 12.1 Å². The van der Waals surface area contributed by atoms with E-state index in [1.54, 1.807) is 13.8 Å². The minimum atomic E-state index is -1.02. The number of ether oxygens (including phenoxy) is 4. The van der Waals surface area contributed by atoms with Crippen molar-refractivity contribution >= 4 is 0 Å². The third kappa shape index (κ3) is 6.99. The van der Waals surface area contributed by atoms with Gasteiger partial charge in [0, 0.05) is 5.92 Å². The topological polar surface area (TPSA) is 77.4 Å². The first-order valence-electron chi connectivity index (χ1n) is 8.82. The lowest BCUT2D eigenvalue weighted by Crippen LogP contribution is -2.36. The Hall–Kier alpha value is -1.54. The van der Waals surface area contributed by atoms with E-state index in [1.807, 2.05) is 42.5 Å². The van der Waals surface area contributed by atoms with Crippen molar-refractivity contribution in [1.82, 2.24) is 0 Å². The number of rotatable bonds is 11. The molecule has 1 aromatic carbocycles. The van der Waals surface area contributed by atoms with Crippen molar-refractivity contribution in [2.24, 2.45) is 0 Å². The van der Waals surface area contributed by atoms with E-state index in [9.17, 15) is 0 Å². The number of aliphatic hydroxyl groups is 2. The van der Waals surface area contributed by atoms with Gasteiger partial charge in [0.1, 0.15) is 0 Å². The predicted octanol–water partition coefficient (Wildman–Crippen LogP) is 2.34. The maximum Gasteiger partial charge on any atom is 0.208 e. The molecule has 0 heterocycles. The Morgan fingerprint density at radius 2 is 1.35 bits per heavy atom. The average molecular weight is 364 g/mol. The molecule has 1 aliphatic carbocycles. The summed E-state index contributed by atoms with van der Waals surface area (Å²) >= 11 is 0. The fourth-order valence-electron chi connectivity index (χ4n) is 2.57. The van der Waals surface area contributed by atoms with Gasteiger partial charge in [0.15, 0.2) is 12.6 Å². The van der Waals surface area contributed by atoms with Crippen molar-refractivity contribution in [2.75, 3.05) is 26.4 Å². The van der Waals surface area contributed by atoms with Gasteiger partial charge in [0.25, 0.3) is 0 Å². The lowest BCUT2D eigenvalue weighted by atomic mass is 9.93. The van der Waals surface area contributed by atoms with Crippen LogP contribution in [0, 0.1) is 0 Å². The van der Waals surface area contributed by atoms with E-state index in [0.717, 1.165) is 0 Å². The Morgan fingerprint density at radius 3 is 1.81 bits per heavy atom. The van der Waals surface area contributed by atoms with Gasteiger partial charge in [-0.05, 0) is 31.6 Å². The molecule has 0 amide bonds. The quantitative estimate of drug-likeness (QED) is 0.357. The molecule has 0 aromatic heterocycles. The van der Waals surface area contributed by atoms with Crippen molar-refractivity contribution in [3.8, 4) is 0 Å². The molecule has 26 heavy (non-hydrogen) atoms. The standard InChI is InChI=1S/C20H28O6/c1-16(21)23-12-14-25-20(26-15-13-24-17(2)22)10-8-19(9-11-20)18-6-4-3-5-7-18/h3-11,16-17,19,21-22H,12-15H2,1-2H3. The Labute approximate surface area is 154 Å². The van der Waals surface area contributed by atoms with Gasteiger partial charge in [0.2, 0.25) is 5.79 Å². The molecule has 2 N–H and O–H groups in total. The lowest BCUT2D eigenvalue weighted by Gasteiger charge is -2.31. The monoisotopic (exact) mass is 364 g/mol. The molecule has 2 atom stereocenters. The van der Waals surface area contributed by atoms with Crippen LogP contribution in [0.1, 0.15) is 25.3 Å². The summed E-state index contributed by atoms with van der Waals surface area (Å²) < 4.78 is 21.9. The zero-order valence-corrected chi connectivity index (χ0v) is 15.3. The highest BCUT2D eigenvalue weighted by molar-refractivity contribution is 5.33. The molecule has 0 saturated heterocycles. The first-order chi connectivity index (χ1) is 12.5. The van der Waals surface area contributed by atoms with E-state index >= 15 is 0 Å². The van der Waals surface area contributed by atoms with Crippen LogP contribution in [-0.4, -0.2) is 55.0 Å². The van der Waals surface area contributed by atoms with Gasteiger partial charge in [-0.1, -0.05) is 42.5 Å². The fraction of sp³-hybridized carbons (Fsp3) is 0.500. The predicted molar refractivity (Wildman–Crippen MR) is 97.4 cm³/mol. The summed E-state index contributed by atoms with van der Waals surface area (Å²) in [6.07, 6.45) is 6.12. The van der Waals surface area contributed by atoms with Crippen LogP contribution in [0.25, 0.3) is 0 Å². The molecule has 2 unspecified atom stereocenters. The summed E-state index contributed by atoms with van der Waals surface area (Å²) in [7, 11) is 0. The summed E-state index contributed by atoms with van der Waals surface area (Å²) in [5.41, 5.74) is 1.18. The van der Waals surface area contributed by atoms with E-state index < -0.39 is 18.4 Å². The molecule has 0 radical (unpaired) electrons. The van der Waals surface area contributed by atoms with Crippen molar-refractivity contribution < 1.29 is 29.2 Å². The van der Waals surface area contributed by atoms with Crippen LogP contribution < -0.4 is 0 Å². The summed E-state index contributed by atoms with van der Waals surface area (Å²) in [6, 6.07) is 10.1. The van der Waals surface area contributed by atoms with Crippen molar-refractivity contribution in [3.05, 3.63) is 60.2 Å². The Morgan fingerprint density at radius 1 is 0.846 bits per heavy atom. The zero-order chi connectivity index (χ0) is 18.8. The molecule has 0 bridgehead atoms. The van der Waals surface area contributed by atoms with Gasteiger partial charge in [-0.3, -0.25) is 0 Å². The molecular formula is C20H28O6. The molecule has 0 fully saturated rings. The van der Waals surface area contributed by atoms with Crippen molar-refractivity contribution in [1.29, 1.82) is 0 Å². The fourth-order valence-corrected chi connectivity index (χ4v) is 2.57. The van der Waals surface area contributed by atoms with Crippen LogP contribution >= 0.6 is 0 Å². The highest BCUT2D eigenvalue weighted by Gasteiger charge is 2.29. The third-order valence-electron chi connectivity index (χ3n) is 3.80. The molecule has 2 rings (SSSR count). The van der Waals surface area contributed by atoms with Crippen LogP contribution in [0.15, 0.2) is 54.6 Å². The molecule has 144 valence electrons. The summed E-state index contributed by atoms with van der Waals surface area (Å²) in [5.74, 6) is -0.867. The molecule has 0 spiro atoms. The van der Waals surface area contributed by atoms with E-state index in [4.69, 9.17) is 29.2 Å². The molecule has 1 aromatic rings. The second-order valence-electron chi connectivity index (χ2n) is 6.01. The van der Waals surface area contributed by atoms with Gasteiger partial charge in [-0.15, -0.1) is 0 Å². The van der Waals surface area contributed by atoms with E-state index in [1.165, 1.54) is 5.56 Å². The summed E-state index contributed by atoms with van der Waals surface area (Å²) in [6.45, 7) is 4.10. The number of aliphatic hydroxyl groups excluding tert-OH is 2. The lowest BCUT2D eigenvalue weighted by molar-refractivity contribution is -0.201. The Kier molecular flexibility index (Phi) is 8.44. The summed E-state index contributed by atoms with van der Waals surface area (Å²) in [5, 5.41) is 18.3. The Bertz CT molecular complexity index is 535. The second kappa shape index (κ2) is 10.6. The normalized spacial score (nSPS) is 24.5. The average Bonchev–Trinajstić information content (AvgIpc) is 2.64. The molecule has 0 saturated carbocycles. The Balaban J connectivity index is 1.96. The van der Waals surface area contributed by atoms with Crippen LogP contribution in [-0.2, 0) is 18.9 Å². The molecule has 0 aliphatic heterocycles. The zero-order valence-electron chi connectivity index (χ0n) is 15.3. The SMILES string of the molecule is CC(O)OCCOC1(OCCOC(C)O)C=CC(c2ccccc2)C=C1. The van der Waals surface area contributed by atoms with Gasteiger partial charge in [-0.25, -0.2) is 0 Å². The van der Waals surface area contributed by atoms with Crippen LogP contribution in [0.5, 0.6) is 0 Å². The minimum absolute atomic E-state index is 0.152. The highest BCUT2D eigenvalue weighted by Crippen LogP contribution is 2.29. The van der Waals surface area contributed by atoms with Gasteiger partial charge >= 0.3 is 0 Å². The number of benzene rings is 1. The van der Waals surface area contributed by atoms with Gasteiger partial charge in [-0.2, -0.15) is 0 Å². The smallest absolute Gasteiger partial charge is 0.208 e.